The molecule has 230 valence electrons. The molecule has 0 saturated carbocycles. The first-order valence-electron chi connectivity index (χ1n) is 14.0. The molecule has 2 aromatic rings. The lowest BCUT2D eigenvalue weighted by Crippen LogP contribution is -2.30. The van der Waals surface area contributed by atoms with E-state index in [4.69, 9.17) is 14.9 Å². The van der Waals surface area contributed by atoms with Crippen molar-refractivity contribution in [2.24, 2.45) is 0 Å². The third-order valence-corrected chi connectivity index (χ3v) is 6.97. The largest absolute Gasteiger partial charge is 0.490 e. The Morgan fingerprint density at radius 2 is 1.69 bits per heavy atom. The van der Waals surface area contributed by atoms with Crippen molar-refractivity contribution in [2.45, 2.75) is 78.7 Å². The van der Waals surface area contributed by atoms with Crippen molar-refractivity contribution in [3.8, 4) is 11.5 Å². The van der Waals surface area contributed by atoms with Gasteiger partial charge in [-0.05, 0) is 53.0 Å². The lowest BCUT2D eigenvalue weighted by Gasteiger charge is -2.26. The smallest absolute Gasteiger partial charge is 0.341 e. The molecule has 1 aliphatic heterocycles. The van der Waals surface area contributed by atoms with Crippen LogP contribution >= 0.6 is 17.0 Å². The van der Waals surface area contributed by atoms with Gasteiger partial charge in [0.25, 0.3) is 0 Å². The van der Waals surface area contributed by atoms with Crippen molar-refractivity contribution in [3.63, 3.8) is 0 Å². The van der Waals surface area contributed by atoms with Crippen LogP contribution in [0.4, 0.5) is 0 Å². The van der Waals surface area contributed by atoms with E-state index in [9.17, 15) is 19.5 Å². The average molecular weight is 647 g/mol. The summed E-state index contributed by atoms with van der Waals surface area (Å²) < 4.78 is 11.7. The van der Waals surface area contributed by atoms with Gasteiger partial charge in [-0.25, -0.2) is 4.79 Å². The Morgan fingerprint density at radius 1 is 1.00 bits per heavy atom. The van der Waals surface area contributed by atoms with Gasteiger partial charge in [-0.2, -0.15) is 0 Å². The monoisotopic (exact) mass is 645 g/mol. The topological polar surface area (TPSA) is 129 Å². The third-order valence-electron chi connectivity index (χ3n) is 6.97. The van der Waals surface area contributed by atoms with Crippen LogP contribution in [-0.2, 0) is 27.0 Å². The van der Waals surface area contributed by atoms with Crippen LogP contribution in [0, 0.1) is 5.41 Å². The van der Waals surface area contributed by atoms with Gasteiger partial charge in [0.2, 0.25) is 5.91 Å². The summed E-state index contributed by atoms with van der Waals surface area (Å²) in [5, 5.41) is 20.8. The van der Waals surface area contributed by atoms with Crippen molar-refractivity contribution in [1.29, 1.82) is 5.41 Å². The number of hydrogen-bond donors (Lipinski definition) is 3. The molecular formula is C32H44BrN3O6. The first kappa shape index (κ1) is 34.8. The maximum atomic E-state index is 13.6. The minimum atomic E-state index is -1.12. The second-order valence-corrected chi connectivity index (χ2v) is 12.6. The summed E-state index contributed by atoms with van der Waals surface area (Å²) in [6.07, 6.45) is 1.34. The number of nitrogens with one attached hydrogen (secondary N) is 2. The van der Waals surface area contributed by atoms with Crippen LogP contribution in [-0.4, -0.2) is 59.8 Å². The van der Waals surface area contributed by atoms with E-state index in [1.165, 1.54) is 6.92 Å². The summed E-state index contributed by atoms with van der Waals surface area (Å²) in [6, 6.07) is 9.52. The molecule has 0 saturated heterocycles. The number of nitrogens with zero attached hydrogens (tertiary/aromatic N) is 1. The summed E-state index contributed by atoms with van der Waals surface area (Å²) >= 11 is 0. The molecule has 2 aromatic carbocycles. The second-order valence-electron chi connectivity index (χ2n) is 12.6. The molecule has 0 bridgehead atoms. The number of carboxylic acid groups (broad SMARTS) is 1. The molecule has 9 nitrogen and oxygen atoms in total. The lowest BCUT2D eigenvalue weighted by atomic mass is 9.84. The molecule has 3 N–H and O–H groups in total. The highest BCUT2D eigenvalue weighted by Crippen LogP contribution is 2.40. The number of unbranched alkanes of at least 4 members (excludes halogenated alkanes) is 1. The number of ketones is 1. The first-order valence-corrected chi connectivity index (χ1v) is 14.0. The van der Waals surface area contributed by atoms with Gasteiger partial charge in [-0.3, -0.25) is 15.0 Å². The molecular weight excluding hydrogens is 602 g/mol. The maximum absolute atomic E-state index is 13.6. The Morgan fingerprint density at radius 3 is 2.29 bits per heavy atom. The van der Waals surface area contributed by atoms with E-state index in [1.54, 1.807) is 17.0 Å². The fraction of sp³-hybridized carbons (Fsp3) is 0.500. The predicted molar refractivity (Wildman–Crippen MR) is 169 cm³/mol. The Kier molecular flexibility index (Phi) is 11.7. The Labute approximate surface area is 259 Å². The average Bonchev–Trinajstić information content (AvgIpc) is 3.17. The molecule has 0 fully saturated rings. The number of carbonyl (C=O) groups excluding carboxylic acids is 2. The van der Waals surface area contributed by atoms with Crippen LogP contribution in [0.1, 0.15) is 93.9 Å². The van der Waals surface area contributed by atoms with E-state index >= 15 is 0 Å². The van der Waals surface area contributed by atoms with Crippen LogP contribution in [0.3, 0.4) is 0 Å². The fourth-order valence-electron chi connectivity index (χ4n) is 4.64. The van der Waals surface area contributed by atoms with E-state index in [1.807, 2.05) is 32.9 Å². The minimum Gasteiger partial charge on any atom is -0.490 e. The quantitative estimate of drug-likeness (QED) is 0.201. The number of benzene rings is 2. The highest BCUT2D eigenvalue weighted by molar-refractivity contribution is 8.93. The van der Waals surface area contributed by atoms with Gasteiger partial charge in [0.05, 0.1) is 13.2 Å². The zero-order valence-corrected chi connectivity index (χ0v) is 27.4. The van der Waals surface area contributed by atoms with Crippen molar-refractivity contribution >= 4 is 40.5 Å². The first-order chi connectivity index (χ1) is 19.1. The summed E-state index contributed by atoms with van der Waals surface area (Å²) in [5.41, 5.74) is 3.55. The van der Waals surface area contributed by atoms with Crippen molar-refractivity contribution in [2.75, 3.05) is 26.3 Å². The van der Waals surface area contributed by atoms with E-state index in [0.29, 0.717) is 61.0 Å². The molecule has 0 aromatic heterocycles. The number of aliphatic carboxylic acids is 1. The number of halogens is 1. The highest BCUT2D eigenvalue weighted by Gasteiger charge is 2.30. The van der Waals surface area contributed by atoms with Gasteiger partial charge in [0, 0.05) is 36.7 Å². The van der Waals surface area contributed by atoms with E-state index in [-0.39, 0.29) is 40.6 Å². The SMILES string of the molecule is Br.CC(=O)NCCCCOc1cc(C(=O)CN2Cc3ccc(C(C)(C)C)cc3C2=N)cc(C(C)(C)C)c1OCC(=O)O. The molecule has 1 amide bonds. The van der Waals surface area contributed by atoms with Crippen molar-refractivity contribution in [3.05, 3.63) is 58.1 Å². The van der Waals surface area contributed by atoms with Gasteiger partial charge in [-0.1, -0.05) is 53.7 Å². The Bertz CT molecular complexity index is 1330. The molecule has 1 heterocycles. The van der Waals surface area contributed by atoms with Crippen LogP contribution in [0.5, 0.6) is 11.5 Å². The molecule has 0 spiro atoms. The van der Waals surface area contributed by atoms with Crippen LogP contribution in [0.25, 0.3) is 0 Å². The number of amides is 1. The number of carboxylic acids is 1. The summed E-state index contributed by atoms with van der Waals surface area (Å²) in [4.78, 5) is 37.8. The normalized spacial score (nSPS) is 12.8. The van der Waals surface area contributed by atoms with Gasteiger partial charge in [0.1, 0.15) is 5.84 Å². The minimum absolute atomic E-state index is 0. The number of ether oxygens (including phenoxy) is 2. The third kappa shape index (κ3) is 9.05. The zero-order chi connectivity index (χ0) is 30.5. The number of hydrogen-bond acceptors (Lipinski definition) is 6. The molecule has 10 heteroatoms. The van der Waals surface area contributed by atoms with Crippen LogP contribution < -0.4 is 14.8 Å². The lowest BCUT2D eigenvalue weighted by molar-refractivity contribution is -0.139. The fourth-order valence-corrected chi connectivity index (χ4v) is 4.64. The predicted octanol–water partition coefficient (Wildman–Crippen LogP) is 5.64. The summed E-state index contributed by atoms with van der Waals surface area (Å²) in [7, 11) is 0. The zero-order valence-electron chi connectivity index (χ0n) is 25.7. The van der Waals surface area contributed by atoms with Gasteiger partial charge in [0.15, 0.2) is 23.9 Å². The number of carbonyl (C=O) groups is 3. The maximum Gasteiger partial charge on any atom is 0.341 e. The summed E-state index contributed by atoms with van der Waals surface area (Å²) in [5.74, 6) is -0.462. The number of amidine groups is 1. The molecule has 3 rings (SSSR count). The van der Waals surface area contributed by atoms with E-state index in [2.05, 4.69) is 32.2 Å². The standard InChI is InChI=1S/C32H43N3O6.BrH/c1-20(36)34-12-8-9-13-40-27-15-22(14-25(32(5,6)7)29(27)41-19-28(38)39)26(37)18-35-17-21-10-11-23(31(2,3)4)16-24(21)30(35)33;/h10-11,14-16,33H,8-9,12-13,17-19H2,1-7H3,(H,34,36)(H,38,39);1H. The number of rotatable bonds is 12. The summed E-state index contributed by atoms with van der Waals surface area (Å²) in [6.45, 7) is 14.5. The van der Waals surface area contributed by atoms with Crippen molar-refractivity contribution < 1.29 is 29.0 Å². The molecule has 0 radical (unpaired) electrons. The van der Waals surface area contributed by atoms with E-state index in [0.717, 1.165) is 16.7 Å². The van der Waals surface area contributed by atoms with Gasteiger partial charge in [-0.15, -0.1) is 17.0 Å². The molecule has 42 heavy (non-hydrogen) atoms. The number of Topliss-reactive ketones (excluding diaryl/α,β-unsaturated/α-hetero) is 1. The Hall–Kier alpha value is -3.40. The highest BCUT2D eigenvalue weighted by atomic mass is 79.9. The van der Waals surface area contributed by atoms with Gasteiger partial charge >= 0.3 is 5.97 Å². The van der Waals surface area contributed by atoms with E-state index < -0.39 is 18.0 Å². The molecule has 0 atom stereocenters. The van der Waals surface area contributed by atoms with Crippen LogP contribution in [0.15, 0.2) is 30.3 Å². The molecule has 1 aliphatic rings. The van der Waals surface area contributed by atoms with Crippen LogP contribution in [0.2, 0.25) is 0 Å². The molecule has 0 aliphatic carbocycles. The Balaban J connectivity index is 0.00000616. The van der Waals surface area contributed by atoms with Crippen molar-refractivity contribution in [1.82, 2.24) is 10.2 Å². The number of fused-ring (bicyclic) bond motifs is 1. The molecule has 0 unspecified atom stereocenters. The van der Waals surface area contributed by atoms with Gasteiger partial charge < -0.3 is 24.8 Å². The second kappa shape index (κ2) is 14.2.